The third-order valence-corrected chi connectivity index (χ3v) is 6.04. The normalized spacial score (nSPS) is 26.3. The summed E-state index contributed by atoms with van der Waals surface area (Å²) in [6, 6.07) is 8.46. The van der Waals surface area contributed by atoms with Gasteiger partial charge in [0.25, 0.3) is 0 Å². The number of thiophene rings is 1. The number of benzene rings is 1. The van der Waals surface area contributed by atoms with Crippen LogP contribution in [-0.4, -0.2) is 11.1 Å². The highest BCUT2D eigenvalue weighted by Gasteiger charge is 2.37. The van der Waals surface area contributed by atoms with Gasteiger partial charge < -0.3 is 5.11 Å². The van der Waals surface area contributed by atoms with Crippen LogP contribution in [0, 0.1) is 17.8 Å². The number of hydrogen-bond acceptors (Lipinski definition) is 2. The van der Waals surface area contributed by atoms with E-state index in [0.29, 0.717) is 11.8 Å². The van der Waals surface area contributed by atoms with Crippen LogP contribution in [0.15, 0.2) is 29.6 Å². The zero-order valence-electron chi connectivity index (χ0n) is 12.6. The second-order valence-corrected chi connectivity index (χ2v) is 7.47. The van der Waals surface area contributed by atoms with Gasteiger partial charge >= 0.3 is 5.97 Å². The first-order chi connectivity index (χ1) is 10.1. The first kappa shape index (κ1) is 14.6. The molecule has 0 spiro atoms. The molecule has 112 valence electrons. The van der Waals surface area contributed by atoms with E-state index >= 15 is 0 Å². The van der Waals surface area contributed by atoms with Crippen LogP contribution >= 0.6 is 11.3 Å². The highest BCUT2D eigenvalue weighted by molar-refractivity contribution is 7.17. The van der Waals surface area contributed by atoms with Gasteiger partial charge in [0.1, 0.15) is 0 Å². The smallest absolute Gasteiger partial charge is 0.307 e. The van der Waals surface area contributed by atoms with Crippen LogP contribution < -0.4 is 0 Å². The molecular formula is C18H22O2S. The Kier molecular flexibility index (Phi) is 4.03. The van der Waals surface area contributed by atoms with E-state index in [9.17, 15) is 9.90 Å². The third kappa shape index (κ3) is 2.71. The molecule has 0 bridgehead atoms. The summed E-state index contributed by atoms with van der Waals surface area (Å²) in [4.78, 5) is 11.7. The van der Waals surface area contributed by atoms with Gasteiger partial charge in [0.2, 0.25) is 0 Å². The topological polar surface area (TPSA) is 37.3 Å². The minimum Gasteiger partial charge on any atom is -0.481 e. The molecule has 2 aromatic rings. The van der Waals surface area contributed by atoms with Gasteiger partial charge in [-0.15, -0.1) is 11.3 Å². The zero-order chi connectivity index (χ0) is 15.0. The summed E-state index contributed by atoms with van der Waals surface area (Å²) in [6.07, 6.45) is 2.86. The molecule has 1 aliphatic carbocycles. The molecule has 0 amide bonds. The lowest BCUT2D eigenvalue weighted by molar-refractivity contribution is -0.144. The van der Waals surface area contributed by atoms with Crippen molar-refractivity contribution in [3.8, 4) is 0 Å². The fraction of sp³-hybridized carbons (Fsp3) is 0.500. The van der Waals surface area contributed by atoms with Crippen molar-refractivity contribution in [2.75, 3.05) is 0 Å². The summed E-state index contributed by atoms with van der Waals surface area (Å²) in [5.74, 6) is 0.570. The maximum atomic E-state index is 11.7. The largest absolute Gasteiger partial charge is 0.481 e. The summed E-state index contributed by atoms with van der Waals surface area (Å²) < 4.78 is 1.28. The molecule has 3 rings (SSSR count). The average Bonchev–Trinajstić information content (AvgIpc) is 2.94. The van der Waals surface area contributed by atoms with Gasteiger partial charge in [-0.05, 0) is 59.4 Å². The van der Waals surface area contributed by atoms with Gasteiger partial charge in [-0.25, -0.2) is 0 Å². The quantitative estimate of drug-likeness (QED) is 0.852. The lowest BCUT2D eigenvalue weighted by atomic mass is 9.68. The minimum absolute atomic E-state index is 0.158. The first-order valence-corrected chi connectivity index (χ1v) is 8.64. The van der Waals surface area contributed by atoms with Crippen LogP contribution in [0.5, 0.6) is 0 Å². The average molecular weight is 302 g/mol. The van der Waals surface area contributed by atoms with E-state index in [1.165, 1.54) is 15.6 Å². The highest BCUT2D eigenvalue weighted by Crippen LogP contribution is 2.45. The molecule has 1 aromatic carbocycles. The highest BCUT2D eigenvalue weighted by atomic mass is 32.1. The van der Waals surface area contributed by atoms with Crippen molar-refractivity contribution in [1.82, 2.24) is 0 Å². The third-order valence-electron chi connectivity index (χ3n) is 5.06. The van der Waals surface area contributed by atoms with Gasteiger partial charge in [0.05, 0.1) is 5.92 Å². The SMILES string of the molecule is CC(C)C1CCC(C(=O)O)C(c2cccc3ccsc23)C1. The fourth-order valence-electron chi connectivity index (χ4n) is 3.76. The molecule has 0 saturated heterocycles. The van der Waals surface area contributed by atoms with E-state index in [1.807, 2.05) is 0 Å². The van der Waals surface area contributed by atoms with Crippen molar-refractivity contribution in [2.45, 2.75) is 39.0 Å². The van der Waals surface area contributed by atoms with E-state index in [1.54, 1.807) is 11.3 Å². The predicted molar refractivity (Wildman–Crippen MR) is 87.9 cm³/mol. The number of rotatable bonds is 3. The van der Waals surface area contributed by atoms with Gasteiger partial charge in [-0.2, -0.15) is 0 Å². The molecule has 0 radical (unpaired) electrons. The van der Waals surface area contributed by atoms with E-state index < -0.39 is 5.97 Å². The Morgan fingerprint density at radius 1 is 1.29 bits per heavy atom. The molecule has 1 fully saturated rings. The maximum absolute atomic E-state index is 11.7. The molecular weight excluding hydrogens is 280 g/mol. The van der Waals surface area contributed by atoms with Gasteiger partial charge in [-0.1, -0.05) is 32.0 Å². The lowest BCUT2D eigenvalue weighted by Crippen LogP contribution is -2.31. The number of carbonyl (C=O) groups is 1. The van der Waals surface area contributed by atoms with Crippen molar-refractivity contribution < 1.29 is 9.90 Å². The van der Waals surface area contributed by atoms with Crippen LogP contribution in [0.4, 0.5) is 0 Å². The van der Waals surface area contributed by atoms with Gasteiger partial charge in [-0.3, -0.25) is 4.79 Å². The molecule has 1 heterocycles. The van der Waals surface area contributed by atoms with Crippen LogP contribution in [0.25, 0.3) is 10.1 Å². The molecule has 21 heavy (non-hydrogen) atoms. The number of fused-ring (bicyclic) bond motifs is 1. The number of hydrogen-bond donors (Lipinski definition) is 1. The second-order valence-electron chi connectivity index (χ2n) is 6.55. The lowest BCUT2D eigenvalue weighted by Gasteiger charge is -2.36. The monoisotopic (exact) mass is 302 g/mol. The summed E-state index contributed by atoms with van der Waals surface area (Å²) in [5.41, 5.74) is 1.25. The Morgan fingerprint density at radius 2 is 2.10 bits per heavy atom. The van der Waals surface area contributed by atoms with Crippen LogP contribution in [0.1, 0.15) is 44.6 Å². The summed E-state index contributed by atoms with van der Waals surface area (Å²) in [6.45, 7) is 4.52. The molecule has 1 saturated carbocycles. The van der Waals surface area contributed by atoms with E-state index in [0.717, 1.165) is 19.3 Å². The van der Waals surface area contributed by atoms with Crippen molar-refractivity contribution >= 4 is 27.4 Å². The summed E-state index contributed by atoms with van der Waals surface area (Å²) in [5, 5.41) is 13.0. The number of aliphatic carboxylic acids is 1. The molecule has 3 heteroatoms. The number of carboxylic acids is 1. The van der Waals surface area contributed by atoms with Crippen molar-refractivity contribution in [3.63, 3.8) is 0 Å². The second kappa shape index (κ2) is 5.80. The predicted octanol–water partition coefficient (Wildman–Crippen LogP) is 5.14. The molecule has 3 atom stereocenters. The first-order valence-electron chi connectivity index (χ1n) is 7.77. The Bertz CT molecular complexity index is 643. The van der Waals surface area contributed by atoms with Crippen molar-refractivity contribution in [2.24, 2.45) is 17.8 Å². The van der Waals surface area contributed by atoms with E-state index in [-0.39, 0.29) is 11.8 Å². The summed E-state index contributed by atoms with van der Waals surface area (Å²) in [7, 11) is 0. The van der Waals surface area contributed by atoms with Crippen LogP contribution in [0.3, 0.4) is 0 Å². The standard InChI is InChI=1S/C18H22O2S/c1-11(2)13-6-7-15(18(19)20)16(10-13)14-5-3-4-12-8-9-21-17(12)14/h3-5,8-9,11,13,15-16H,6-7,10H2,1-2H3,(H,19,20). The van der Waals surface area contributed by atoms with Crippen LogP contribution in [-0.2, 0) is 4.79 Å². The molecule has 0 aliphatic heterocycles. The van der Waals surface area contributed by atoms with Gasteiger partial charge in [0.15, 0.2) is 0 Å². The molecule has 3 unspecified atom stereocenters. The van der Waals surface area contributed by atoms with Crippen LogP contribution in [0.2, 0.25) is 0 Å². The minimum atomic E-state index is -0.629. The Labute approximate surface area is 129 Å². The molecule has 1 aliphatic rings. The molecule has 2 nitrogen and oxygen atoms in total. The Hall–Kier alpha value is -1.35. The van der Waals surface area contributed by atoms with E-state index in [4.69, 9.17) is 0 Å². The Balaban J connectivity index is 2.02. The van der Waals surface area contributed by atoms with Crippen molar-refractivity contribution in [3.05, 3.63) is 35.2 Å². The van der Waals surface area contributed by atoms with Crippen molar-refractivity contribution in [1.29, 1.82) is 0 Å². The molecule has 1 N–H and O–H groups in total. The zero-order valence-corrected chi connectivity index (χ0v) is 13.4. The number of carboxylic acid groups (broad SMARTS) is 1. The Morgan fingerprint density at radius 3 is 2.81 bits per heavy atom. The van der Waals surface area contributed by atoms with E-state index in [2.05, 4.69) is 43.5 Å². The summed E-state index contributed by atoms with van der Waals surface area (Å²) >= 11 is 1.74. The molecule has 1 aromatic heterocycles. The van der Waals surface area contributed by atoms with Gasteiger partial charge in [0, 0.05) is 4.70 Å². The maximum Gasteiger partial charge on any atom is 0.307 e. The fourth-order valence-corrected chi connectivity index (χ4v) is 4.73.